The standard InChI is InChI=1S/C22H15N3O5/c23-14-16(11-15-12-19(25(29)30)21(27)20(26)13-15)22(28)24(17-7-3-1-4-8-17)18-9-5-2-6-10-18/h1-13,26-27H/b16-11+. The average Bonchev–Trinajstić information content (AvgIpc) is 2.75. The van der Waals surface area contributed by atoms with Crippen LogP contribution in [0.5, 0.6) is 11.5 Å². The lowest BCUT2D eigenvalue weighted by Gasteiger charge is -2.22. The molecule has 3 aromatic rings. The summed E-state index contributed by atoms with van der Waals surface area (Å²) >= 11 is 0. The Morgan fingerprint density at radius 3 is 2.00 bits per heavy atom. The third-order valence-corrected chi connectivity index (χ3v) is 4.18. The number of carbonyl (C=O) groups excluding carboxylic acids is 1. The molecule has 0 atom stereocenters. The van der Waals surface area contributed by atoms with E-state index in [1.165, 1.54) is 4.90 Å². The fourth-order valence-electron chi connectivity index (χ4n) is 2.81. The second kappa shape index (κ2) is 8.58. The SMILES string of the molecule is N#C/C(=C\c1cc(O)c(O)c([N+](=O)[O-])c1)C(=O)N(c1ccccc1)c1ccccc1. The zero-order valence-electron chi connectivity index (χ0n) is 15.5. The highest BCUT2D eigenvalue weighted by Crippen LogP contribution is 2.37. The maximum Gasteiger partial charge on any atom is 0.315 e. The third-order valence-electron chi connectivity index (χ3n) is 4.18. The van der Waals surface area contributed by atoms with Gasteiger partial charge < -0.3 is 10.2 Å². The van der Waals surface area contributed by atoms with Crippen LogP contribution < -0.4 is 4.90 Å². The van der Waals surface area contributed by atoms with Gasteiger partial charge in [0.05, 0.1) is 4.92 Å². The van der Waals surface area contributed by atoms with Gasteiger partial charge in [0.1, 0.15) is 11.6 Å². The van der Waals surface area contributed by atoms with E-state index in [0.29, 0.717) is 11.4 Å². The largest absolute Gasteiger partial charge is 0.504 e. The smallest absolute Gasteiger partial charge is 0.315 e. The van der Waals surface area contributed by atoms with Gasteiger partial charge in [-0.1, -0.05) is 36.4 Å². The highest BCUT2D eigenvalue weighted by atomic mass is 16.6. The lowest BCUT2D eigenvalue weighted by molar-refractivity contribution is -0.386. The molecule has 30 heavy (non-hydrogen) atoms. The molecule has 0 aliphatic rings. The molecule has 0 unspecified atom stereocenters. The molecule has 0 aliphatic carbocycles. The molecule has 0 heterocycles. The van der Waals surface area contributed by atoms with Crippen LogP contribution in [0.2, 0.25) is 0 Å². The molecule has 0 spiro atoms. The molecule has 3 rings (SSSR count). The molecule has 1 amide bonds. The van der Waals surface area contributed by atoms with Crippen molar-refractivity contribution in [1.82, 2.24) is 0 Å². The molecule has 2 N–H and O–H groups in total. The molecule has 0 saturated heterocycles. The summed E-state index contributed by atoms with van der Waals surface area (Å²) in [5.41, 5.74) is 0.00259. The summed E-state index contributed by atoms with van der Waals surface area (Å²) in [6.07, 6.45) is 1.12. The van der Waals surface area contributed by atoms with Gasteiger partial charge in [0, 0.05) is 17.4 Å². The van der Waals surface area contributed by atoms with Gasteiger partial charge >= 0.3 is 5.69 Å². The number of benzene rings is 3. The van der Waals surface area contributed by atoms with Crippen molar-refractivity contribution in [3.05, 3.63) is 94.0 Å². The third kappa shape index (κ3) is 4.10. The maximum absolute atomic E-state index is 13.2. The number of hydrogen-bond donors (Lipinski definition) is 2. The number of para-hydroxylation sites is 2. The molecular formula is C22H15N3O5. The summed E-state index contributed by atoms with van der Waals surface area (Å²) in [5, 5.41) is 40.0. The van der Waals surface area contributed by atoms with E-state index in [-0.39, 0.29) is 11.1 Å². The van der Waals surface area contributed by atoms with Gasteiger partial charge in [-0.2, -0.15) is 5.26 Å². The van der Waals surface area contributed by atoms with Gasteiger partial charge in [0.15, 0.2) is 5.75 Å². The van der Waals surface area contributed by atoms with Crippen molar-refractivity contribution in [2.75, 3.05) is 4.90 Å². The fraction of sp³-hybridized carbons (Fsp3) is 0. The van der Waals surface area contributed by atoms with Crippen molar-refractivity contribution in [3.63, 3.8) is 0 Å². The van der Waals surface area contributed by atoms with Crippen molar-refractivity contribution in [2.45, 2.75) is 0 Å². The number of rotatable bonds is 5. The quantitative estimate of drug-likeness (QED) is 0.216. The number of aromatic hydroxyl groups is 2. The molecule has 0 bridgehead atoms. The van der Waals surface area contributed by atoms with Crippen LogP contribution in [0.4, 0.5) is 17.1 Å². The molecule has 8 nitrogen and oxygen atoms in total. The predicted molar refractivity (Wildman–Crippen MR) is 110 cm³/mol. The lowest BCUT2D eigenvalue weighted by Crippen LogP contribution is -2.27. The summed E-state index contributed by atoms with van der Waals surface area (Å²) < 4.78 is 0. The Morgan fingerprint density at radius 2 is 1.53 bits per heavy atom. The van der Waals surface area contributed by atoms with Crippen LogP contribution in [0.15, 0.2) is 78.4 Å². The minimum Gasteiger partial charge on any atom is -0.504 e. The van der Waals surface area contributed by atoms with Crippen molar-refractivity contribution in [3.8, 4) is 17.6 Å². The van der Waals surface area contributed by atoms with Gasteiger partial charge in [-0.05, 0) is 42.0 Å². The van der Waals surface area contributed by atoms with Gasteiger partial charge in [-0.3, -0.25) is 19.8 Å². The minimum atomic E-state index is -0.891. The Hall–Kier alpha value is -4.64. The molecule has 0 aromatic heterocycles. The summed E-state index contributed by atoms with van der Waals surface area (Å²) in [7, 11) is 0. The molecule has 0 fully saturated rings. The topological polar surface area (TPSA) is 128 Å². The average molecular weight is 401 g/mol. The van der Waals surface area contributed by atoms with Gasteiger partial charge in [0.25, 0.3) is 5.91 Å². The fourth-order valence-corrected chi connectivity index (χ4v) is 2.81. The summed E-state index contributed by atoms with van der Waals surface area (Å²) in [4.78, 5) is 24.8. The van der Waals surface area contributed by atoms with E-state index >= 15 is 0 Å². The zero-order valence-corrected chi connectivity index (χ0v) is 15.5. The number of hydrogen-bond acceptors (Lipinski definition) is 6. The second-order valence-corrected chi connectivity index (χ2v) is 6.15. The monoisotopic (exact) mass is 401 g/mol. The molecular weight excluding hydrogens is 386 g/mol. The number of phenols is 2. The normalized spacial score (nSPS) is 10.8. The Bertz CT molecular complexity index is 1130. The zero-order chi connectivity index (χ0) is 21.7. The van der Waals surface area contributed by atoms with E-state index in [9.17, 15) is 30.4 Å². The first-order valence-corrected chi connectivity index (χ1v) is 8.69. The number of anilines is 2. The second-order valence-electron chi connectivity index (χ2n) is 6.15. The van der Waals surface area contributed by atoms with Gasteiger partial charge in [0.2, 0.25) is 5.75 Å². The van der Waals surface area contributed by atoms with Crippen molar-refractivity contribution >= 4 is 29.0 Å². The highest BCUT2D eigenvalue weighted by Gasteiger charge is 2.23. The summed E-state index contributed by atoms with van der Waals surface area (Å²) in [6, 6.07) is 21.2. The maximum atomic E-state index is 13.2. The highest BCUT2D eigenvalue weighted by molar-refractivity contribution is 6.15. The van der Waals surface area contributed by atoms with E-state index in [4.69, 9.17) is 0 Å². The molecule has 8 heteroatoms. The Kier molecular flexibility index (Phi) is 5.75. The van der Waals surface area contributed by atoms with Gasteiger partial charge in [-0.25, -0.2) is 0 Å². The summed E-state index contributed by atoms with van der Waals surface area (Å²) in [5.74, 6) is -2.29. The lowest BCUT2D eigenvalue weighted by atomic mass is 10.1. The number of nitro groups is 1. The number of amides is 1. The first-order valence-electron chi connectivity index (χ1n) is 8.69. The van der Waals surface area contributed by atoms with Crippen LogP contribution in [-0.2, 0) is 4.79 Å². The minimum absolute atomic E-state index is 0.0166. The van der Waals surface area contributed by atoms with Crippen LogP contribution in [0, 0.1) is 21.4 Å². The van der Waals surface area contributed by atoms with Crippen molar-refractivity contribution in [2.24, 2.45) is 0 Å². The number of phenolic OH excluding ortho intramolecular Hbond substituents is 2. The number of carbonyl (C=O) groups is 1. The molecule has 0 saturated carbocycles. The van der Waals surface area contributed by atoms with E-state index in [2.05, 4.69) is 0 Å². The predicted octanol–water partition coefficient (Wildman–Crippen LogP) is 4.28. The Morgan fingerprint density at radius 1 is 1.00 bits per heavy atom. The van der Waals surface area contributed by atoms with Crippen LogP contribution in [0.25, 0.3) is 6.08 Å². The van der Waals surface area contributed by atoms with E-state index in [1.807, 2.05) is 6.07 Å². The van der Waals surface area contributed by atoms with Crippen molar-refractivity contribution < 1.29 is 19.9 Å². The van der Waals surface area contributed by atoms with Crippen molar-refractivity contribution in [1.29, 1.82) is 5.26 Å². The first-order chi connectivity index (χ1) is 14.4. The number of nitriles is 1. The molecule has 0 radical (unpaired) electrons. The van der Waals surface area contributed by atoms with Gasteiger partial charge in [-0.15, -0.1) is 0 Å². The van der Waals surface area contributed by atoms with Crippen LogP contribution in [0.3, 0.4) is 0 Å². The van der Waals surface area contributed by atoms with E-state index in [1.54, 1.807) is 60.7 Å². The summed E-state index contributed by atoms with van der Waals surface area (Å²) in [6.45, 7) is 0. The van der Waals surface area contributed by atoms with E-state index < -0.39 is 28.0 Å². The molecule has 0 aliphatic heterocycles. The Balaban J connectivity index is 2.10. The molecule has 3 aromatic carbocycles. The van der Waals surface area contributed by atoms with E-state index in [0.717, 1.165) is 18.2 Å². The van der Waals surface area contributed by atoms with Crippen LogP contribution in [-0.4, -0.2) is 21.0 Å². The molecule has 148 valence electrons. The van der Waals surface area contributed by atoms with Crippen LogP contribution in [0.1, 0.15) is 5.56 Å². The number of nitrogens with zero attached hydrogens (tertiary/aromatic N) is 3. The first kappa shape index (κ1) is 20.1. The Labute approximate surface area is 171 Å². The van der Waals surface area contributed by atoms with Crippen LogP contribution >= 0.6 is 0 Å². The number of nitro benzene ring substituents is 1.